The highest BCUT2D eigenvalue weighted by atomic mass is 32.2. The molecular weight excluding hydrogens is 945 g/mol. The van der Waals surface area contributed by atoms with Gasteiger partial charge in [-0.25, -0.2) is 19.6 Å². The molecule has 0 saturated carbocycles. The van der Waals surface area contributed by atoms with Crippen LogP contribution in [-0.2, 0) is 39.3 Å². The molecule has 0 bridgehead atoms. The quantitative estimate of drug-likeness (QED) is 0.0692. The topological polar surface area (TPSA) is 283 Å². The summed E-state index contributed by atoms with van der Waals surface area (Å²) < 4.78 is 72.1. The number of fused-ring (bicyclic) bond motifs is 1. The largest absolute Gasteiger partial charge is 0.453 e. The molecule has 22 heteroatoms. The summed E-state index contributed by atoms with van der Waals surface area (Å²) in [6, 6.07) is 13.4. The average Bonchev–Trinajstić information content (AvgIpc) is 4.18. The van der Waals surface area contributed by atoms with Crippen LogP contribution >= 0.6 is 0 Å². The highest BCUT2D eigenvalue weighted by Gasteiger charge is 2.39. The van der Waals surface area contributed by atoms with E-state index < -0.39 is 54.3 Å². The number of hydrogen-bond donors (Lipinski definition) is 6. The highest BCUT2D eigenvalue weighted by Crippen LogP contribution is 2.34. The van der Waals surface area contributed by atoms with Crippen molar-refractivity contribution in [2.24, 2.45) is 11.8 Å². The fraction of sp³-hybridized carbons (Fsp3) is 0.375. The van der Waals surface area contributed by atoms with E-state index in [0.29, 0.717) is 30.4 Å². The number of hydrogen-bond acceptors (Lipinski definition) is 12. The van der Waals surface area contributed by atoms with Gasteiger partial charge in [0.05, 0.1) is 44.4 Å². The Kier molecular flexibility index (Phi) is 16.7. The number of benzene rings is 3. The molecule has 70 heavy (non-hydrogen) atoms. The summed E-state index contributed by atoms with van der Waals surface area (Å²) in [7, 11) is -6.38. The first-order valence-corrected chi connectivity index (χ1v) is 25.1. The number of H-pyrrole nitrogens is 2. The smallest absolute Gasteiger partial charge is 0.407 e. The van der Waals surface area contributed by atoms with E-state index >= 15 is 0 Å². The van der Waals surface area contributed by atoms with Crippen LogP contribution in [0.2, 0.25) is 0 Å². The number of nitrogens with one attached hydrogen (secondary N) is 4. The minimum absolute atomic E-state index is 0.0233. The Morgan fingerprint density at radius 3 is 1.59 bits per heavy atom. The molecule has 2 aliphatic rings. The van der Waals surface area contributed by atoms with Crippen LogP contribution in [-0.4, -0.2) is 119 Å². The Hall–Kier alpha value is -7.24. The number of amides is 4. The fourth-order valence-corrected chi connectivity index (χ4v) is 9.66. The van der Waals surface area contributed by atoms with E-state index in [1.54, 1.807) is 22.2 Å². The van der Waals surface area contributed by atoms with E-state index in [-0.39, 0.29) is 46.5 Å². The van der Waals surface area contributed by atoms with Crippen molar-refractivity contribution >= 4 is 55.0 Å². The van der Waals surface area contributed by atoms with Gasteiger partial charge in [-0.2, -0.15) is 16.8 Å². The number of aromatic amines is 2. The number of likely N-dealkylation sites (tertiary alicyclic amines) is 2. The first-order valence-electron chi connectivity index (χ1n) is 22.2. The lowest BCUT2D eigenvalue weighted by molar-refractivity contribution is -0.136. The van der Waals surface area contributed by atoms with E-state index in [4.69, 9.17) is 18.6 Å². The first kappa shape index (κ1) is 52.1. The number of imidazole rings is 2. The molecule has 0 aliphatic carbocycles. The van der Waals surface area contributed by atoms with Gasteiger partial charge in [-0.3, -0.25) is 18.7 Å². The Morgan fingerprint density at radius 1 is 0.671 bits per heavy atom. The molecule has 0 unspecified atom stereocenters. The lowest BCUT2D eigenvalue weighted by atomic mass is 10.0. The van der Waals surface area contributed by atoms with Crippen LogP contribution in [0.1, 0.15) is 88.4 Å². The van der Waals surface area contributed by atoms with Gasteiger partial charge < -0.3 is 39.9 Å². The molecule has 4 atom stereocenters. The van der Waals surface area contributed by atoms with Crippen LogP contribution in [0.3, 0.4) is 0 Å². The first-order chi connectivity index (χ1) is 33.2. The summed E-state index contributed by atoms with van der Waals surface area (Å²) in [5.74, 6) is 12.6. The van der Waals surface area contributed by atoms with Gasteiger partial charge in [-0.05, 0) is 85.1 Å². The molecule has 5 aromatic rings. The normalized spacial score (nSPS) is 16.5. The molecular formula is C48H54N8O12S2. The van der Waals surface area contributed by atoms with E-state index in [1.807, 2.05) is 52.0 Å². The van der Waals surface area contributed by atoms with E-state index in [2.05, 4.69) is 54.3 Å². The third-order valence-electron chi connectivity index (χ3n) is 11.7. The molecule has 2 aliphatic heterocycles. The van der Waals surface area contributed by atoms with Crippen molar-refractivity contribution in [2.75, 3.05) is 27.3 Å². The second kappa shape index (κ2) is 22.5. The molecule has 4 heterocycles. The fourth-order valence-electron chi connectivity index (χ4n) is 8.25. The van der Waals surface area contributed by atoms with Crippen molar-refractivity contribution < 1.29 is 54.6 Å². The Morgan fingerprint density at radius 2 is 1.13 bits per heavy atom. The molecule has 3 aromatic carbocycles. The van der Waals surface area contributed by atoms with E-state index in [0.717, 1.165) is 54.6 Å². The van der Waals surface area contributed by atoms with Gasteiger partial charge in [0.2, 0.25) is 11.8 Å². The van der Waals surface area contributed by atoms with Crippen LogP contribution in [0.25, 0.3) is 22.0 Å². The van der Waals surface area contributed by atoms with Gasteiger partial charge in [-0.1, -0.05) is 70.0 Å². The Bertz CT molecular complexity index is 3020. The molecule has 6 N–H and O–H groups in total. The maximum absolute atomic E-state index is 13.4. The van der Waals surface area contributed by atoms with Crippen molar-refractivity contribution in [2.45, 2.75) is 87.3 Å². The molecule has 2 saturated heterocycles. The van der Waals surface area contributed by atoms with Crippen LogP contribution < -0.4 is 10.6 Å². The van der Waals surface area contributed by atoms with Gasteiger partial charge in [0.15, 0.2) is 0 Å². The number of carbonyl (C=O) groups is 4. The maximum atomic E-state index is 13.4. The molecule has 7 rings (SSSR count). The monoisotopic (exact) mass is 998 g/mol. The summed E-state index contributed by atoms with van der Waals surface area (Å²) in [4.78, 5) is 69.0. The third-order valence-corrected chi connectivity index (χ3v) is 13.6. The Labute approximate surface area is 405 Å². The van der Waals surface area contributed by atoms with Crippen LogP contribution in [0.4, 0.5) is 9.59 Å². The Balaban J connectivity index is 0.000000372. The van der Waals surface area contributed by atoms with Crippen molar-refractivity contribution in [3.8, 4) is 34.9 Å². The summed E-state index contributed by atoms with van der Waals surface area (Å²) in [5, 5.41) is 5.38. The average molecular weight is 999 g/mol. The van der Waals surface area contributed by atoms with Gasteiger partial charge in [-0.15, -0.1) is 0 Å². The maximum Gasteiger partial charge on any atom is 0.407 e. The van der Waals surface area contributed by atoms with Crippen molar-refractivity contribution in [3.63, 3.8) is 0 Å². The van der Waals surface area contributed by atoms with E-state index in [1.165, 1.54) is 38.5 Å². The zero-order valence-corrected chi connectivity index (χ0v) is 40.9. The SMILES string of the molecule is COC(=O)N[C@H](C(=O)N1CCC[C@H]1c1ncc(C#CC#Cc2ccc(-c3cnc([C@@H]4CCCN4C(=O)[C@@H](NC(=O)OC)C(C)C)[nH]3)cc2)[nH]1)C(C)C.O=S(=O)(O)c1cccc2c(S(=O)(=O)O)cccc12. The minimum Gasteiger partial charge on any atom is -0.453 e. The molecule has 4 amide bonds. The summed E-state index contributed by atoms with van der Waals surface area (Å²) in [5.41, 5.74) is 3.11. The van der Waals surface area contributed by atoms with Gasteiger partial charge >= 0.3 is 12.2 Å². The lowest BCUT2D eigenvalue weighted by Gasteiger charge is -2.30. The molecule has 0 spiro atoms. The van der Waals surface area contributed by atoms with Gasteiger partial charge in [0.1, 0.15) is 39.2 Å². The predicted molar refractivity (Wildman–Crippen MR) is 256 cm³/mol. The van der Waals surface area contributed by atoms with Crippen molar-refractivity contribution in [1.29, 1.82) is 0 Å². The van der Waals surface area contributed by atoms with E-state index in [9.17, 15) is 36.0 Å². The number of aromatic nitrogens is 4. The number of ether oxygens (including phenoxy) is 2. The number of methoxy groups -OCH3 is 2. The number of carbonyl (C=O) groups excluding carboxylic acids is 4. The number of rotatable bonds is 11. The van der Waals surface area contributed by atoms with Gasteiger partial charge in [0.25, 0.3) is 20.2 Å². The predicted octanol–water partition coefficient (Wildman–Crippen LogP) is 5.62. The minimum atomic E-state index is -4.47. The summed E-state index contributed by atoms with van der Waals surface area (Å²) in [6.45, 7) is 8.68. The molecule has 2 fully saturated rings. The number of nitrogens with zero attached hydrogens (tertiary/aromatic N) is 4. The zero-order valence-electron chi connectivity index (χ0n) is 39.2. The summed E-state index contributed by atoms with van der Waals surface area (Å²) >= 11 is 0. The van der Waals surface area contributed by atoms with Crippen molar-refractivity contribution in [3.05, 3.63) is 96.0 Å². The van der Waals surface area contributed by atoms with Crippen molar-refractivity contribution in [1.82, 2.24) is 40.4 Å². The van der Waals surface area contributed by atoms with Gasteiger partial charge in [0, 0.05) is 29.4 Å². The third kappa shape index (κ3) is 12.5. The lowest BCUT2D eigenvalue weighted by Crippen LogP contribution is -2.51. The standard InChI is InChI=1S/C38H46N8O6.C10H8O6S2/c1-23(2)31(43-37(49)51-5)35(47)45-19-9-13-29(45)33-39-21-27(41-33)12-8-7-11-25-15-17-26(18-16-25)28-22-40-34(42-28)30-14-10-20-46(30)36(48)32(24(3)4)44-38(50)52-6;11-17(12,13)9-5-1-3-7-8(9)4-2-6-10(7)18(14,15)16/h15-18,21-24,29-32H,9-10,13-14,19-20H2,1-6H3,(H,39,41)(H,40,42)(H,43,49)(H,44,50);1-6H,(H,11,12,13)(H,14,15,16)/t29-,30-,31-,32-;/m0./s1. The molecule has 370 valence electrons. The number of alkyl carbamates (subject to hydrolysis) is 2. The van der Waals surface area contributed by atoms with Crippen LogP contribution in [0.15, 0.2) is 82.8 Å². The van der Waals surface area contributed by atoms with Crippen LogP contribution in [0, 0.1) is 35.5 Å². The molecule has 2 aromatic heterocycles. The second-order valence-electron chi connectivity index (χ2n) is 17.1. The summed E-state index contributed by atoms with van der Waals surface area (Å²) in [6.07, 6.45) is 5.30. The molecule has 20 nitrogen and oxygen atoms in total. The zero-order chi connectivity index (χ0) is 50.9. The second-order valence-corrected chi connectivity index (χ2v) is 19.9. The highest BCUT2D eigenvalue weighted by molar-refractivity contribution is 7.86. The van der Waals surface area contributed by atoms with Crippen LogP contribution in [0.5, 0.6) is 0 Å². The molecule has 0 radical (unpaired) electrons.